The van der Waals surface area contributed by atoms with Crippen LogP contribution in [0.15, 0.2) is 17.8 Å². The molecule has 0 fully saturated rings. The number of hydrogen-bond donors (Lipinski definition) is 1. The average molecular weight is 210 g/mol. The van der Waals surface area contributed by atoms with Crippen LogP contribution in [0.1, 0.15) is 13.3 Å². The Balaban J connectivity index is 3.41. The van der Waals surface area contributed by atoms with Gasteiger partial charge in [-0.25, -0.2) is 4.98 Å². The summed E-state index contributed by atoms with van der Waals surface area (Å²) in [4.78, 5) is 7.23. The molecular weight excluding hydrogens is 196 g/mol. The largest absolute Gasteiger partial charge is 0.331 e. The predicted molar refractivity (Wildman–Crippen MR) is 59.6 cm³/mol. The zero-order valence-electron chi connectivity index (χ0n) is 8.41. The Labute approximate surface area is 85.7 Å². The first-order valence-electron chi connectivity index (χ1n) is 4.41. The molecular formula is C10H14N2OS. The van der Waals surface area contributed by atoms with Gasteiger partial charge < -0.3 is 4.98 Å². The summed E-state index contributed by atoms with van der Waals surface area (Å²) in [5.74, 6) is 0. The second kappa shape index (κ2) is 4.91. The van der Waals surface area contributed by atoms with Gasteiger partial charge in [-0.2, -0.15) is 0 Å². The van der Waals surface area contributed by atoms with Crippen molar-refractivity contribution in [1.82, 2.24) is 9.97 Å². The minimum absolute atomic E-state index is 0.512. The fourth-order valence-corrected chi connectivity index (χ4v) is 1.59. The van der Waals surface area contributed by atoms with Gasteiger partial charge in [-0.1, -0.05) is 25.7 Å². The minimum Gasteiger partial charge on any atom is -0.331 e. The number of aromatic nitrogens is 2. The van der Waals surface area contributed by atoms with Crippen molar-refractivity contribution >= 4 is 23.0 Å². The van der Waals surface area contributed by atoms with Crippen LogP contribution in [0.2, 0.25) is 0 Å². The molecule has 1 aromatic heterocycles. The smallest absolute Gasteiger partial charge is 0.197 e. The molecule has 0 aliphatic rings. The number of H-pyrrole nitrogens is 1. The SMILES string of the molecule is C=C/C=c1/[nH]c(S(C)=O)n/c1=C/CC. The molecule has 0 aromatic carbocycles. The maximum Gasteiger partial charge on any atom is 0.197 e. The quantitative estimate of drug-likeness (QED) is 0.780. The number of nitrogens with zero attached hydrogens (tertiary/aromatic N) is 1. The van der Waals surface area contributed by atoms with E-state index in [1.165, 1.54) is 0 Å². The van der Waals surface area contributed by atoms with Gasteiger partial charge in [0.2, 0.25) is 0 Å². The third-order valence-corrected chi connectivity index (χ3v) is 2.43. The monoisotopic (exact) mass is 210 g/mol. The Kier molecular flexibility index (Phi) is 3.83. The van der Waals surface area contributed by atoms with Crippen LogP contribution in [0.4, 0.5) is 0 Å². The molecule has 0 saturated heterocycles. The standard InChI is InChI=1S/C10H14N2OS/c1-4-6-8-9(7-5-2)12-10(11-8)14(3)13/h4,6-7H,1,5H2,2-3H3,(H,11,12)/b8-6+,9-7+. The summed E-state index contributed by atoms with van der Waals surface area (Å²) in [6, 6.07) is 0. The van der Waals surface area contributed by atoms with Crippen LogP contribution in [-0.2, 0) is 10.8 Å². The van der Waals surface area contributed by atoms with Gasteiger partial charge in [0.25, 0.3) is 0 Å². The molecule has 0 saturated carbocycles. The highest BCUT2D eigenvalue weighted by Crippen LogP contribution is 1.87. The molecule has 0 bridgehead atoms. The average Bonchev–Trinajstić information content (AvgIpc) is 2.50. The molecule has 1 unspecified atom stereocenters. The summed E-state index contributed by atoms with van der Waals surface area (Å²) in [5.41, 5.74) is 0. The molecule has 1 heterocycles. The second-order valence-electron chi connectivity index (χ2n) is 2.81. The van der Waals surface area contributed by atoms with Crippen LogP contribution < -0.4 is 10.7 Å². The minimum atomic E-state index is -1.07. The van der Waals surface area contributed by atoms with Crippen molar-refractivity contribution in [3.05, 3.63) is 23.4 Å². The maximum absolute atomic E-state index is 11.2. The number of rotatable bonds is 3. The van der Waals surface area contributed by atoms with Crippen molar-refractivity contribution in [2.24, 2.45) is 0 Å². The van der Waals surface area contributed by atoms with Crippen LogP contribution in [0, 0.1) is 0 Å². The lowest BCUT2D eigenvalue weighted by Crippen LogP contribution is -2.23. The summed E-state index contributed by atoms with van der Waals surface area (Å²) in [5, 5.41) is 2.22. The molecule has 0 spiro atoms. The predicted octanol–water partition coefficient (Wildman–Crippen LogP) is 0.304. The second-order valence-corrected chi connectivity index (χ2v) is 4.10. The van der Waals surface area contributed by atoms with Crippen molar-refractivity contribution in [2.45, 2.75) is 18.5 Å². The maximum atomic E-state index is 11.2. The lowest BCUT2D eigenvalue weighted by Gasteiger charge is -1.82. The van der Waals surface area contributed by atoms with Gasteiger partial charge in [-0.05, 0) is 12.5 Å². The van der Waals surface area contributed by atoms with E-state index in [9.17, 15) is 4.21 Å². The van der Waals surface area contributed by atoms with E-state index in [-0.39, 0.29) is 0 Å². The van der Waals surface area contributed by atoms with Crippen molar-refractivity contribution in [3.8, 4) is 0 Å². The Hall–Kier alpha value is -1.16. The van der Waals surface area contributed by atoms with Gasteiger partial charge in [0.15, 0.2) is 5.16 Å². The molecule has 0 aliphatic carbocycles. The summed E-state index contributed by atoms with van der Waals surface area (Å²) >= 11 is 0. The van der Waals surface area contributed by atoms with E-state index < -0.39 is 10.8 Å². The van der Waals surface area contributed by atoms with Gasteiger partial charge in [-0.15, -0.1) is 0 Å². The van der Waals surface area contributed by atoms with Crippen molar-refractivity contribution in [2.75, 3.05) is 6.26 Å². The van der Waals surface area contributed by atoms with Crippen molar-refractivity contribution in [1.29, 1.82) is 0 Å². The first kappa shape index (κ1) is 10.9. The first-order valence-corrected chi connectivity index (χ1v) is 5.97. The number of allylic oxidation sites excluding steroid dienone is 1. The van der Waals surface area contributed by atoms with E-state index in [1.54, 1.807) is 12.3 Å². The molecule has 1 aromatic rings. The molecule has 1 atom stereocenters. The Morgan fingerprint density at radius 1 is 1.64 bits per heavy atom. The van der Waals surface area contributed by atoms with Crippen molar-refractivity contribution in [3.63, 3.8) is 0 Å². The lowest BCUT2D eigenvalue weighted by atomic mass is 10.4. The summed E-state index contributed by atoms with van der Waals surface area (Å²) < 4.78 is 11.2. The van der Waals surface area contributed by atoms with E-state index in [1.807, 2.05) is 19.1 Å². The zero-order valence-corrected chi connectivity index (χ0v) is 9.23. The fraction of sp³-hybridized carbons (Fsp3) is 0.300. The van der Waals surface area contributed by atoms with E-state index in [4.69, 9.17) is 0 Å². The van der Waals surface area contributed by atoms with Gasteiger partial charge in [-0.3, -0.25) is 4.21 Å². The van der Waals surface area contributed by atoms with Gasteiger partial charge in [0, 0.05) is 6.26 Å². The summed E-state index contributed by atoms with van der Waals surface area (Å²) in [6.07, 6.45) is 8.00. The van der Waals surface area contributed by atoms with E-state index in [0.29, 0.717) is 5.16 Å². The van der Waals surface area contributed by atoms with Crippen LogP contribution in [0.5, 0.6) is 0 Å². The van der Waals surface area contributed by atoms with E-state index in [0.717, 1.165) is 17.1 Å². The van der Waals surface area contributed by atoms with Crippen LogP contribution >= 0.6 is 0 Å². The number of imidazole rings is 1. The van der Waals surface area contributed by atoms with Crippen LogP contribution in [0.3, 0.4) is 0 Å². The third-order valence-electron chi connectivity index (χ3n) is 1.69. The number of aromatic amines is 1. The Bertz CT molecular complexity index is 459. The van der Waals surface area contributed by atoms with Gasteiger partial charge in [0.1, 0.15) is 0 Å². The molecule has 76 valence electrons. The van der Waals surface area contributed by atoms with Crippen LogP contribution in [0.25, 0.3) is 12.2 Å². The molecule has 0 radical (unpaired) electrons. The molecule has 0 amide bonds. The van der Waals surface area contributed by atoms with E-state index >= 15 is 0 Å². The fourth-order valence-electron chi connectivity index (χ4n) is 1.11. The van der Waals surface area contributed by atoms with Crippen LogP contribution in [-0.4, -0.2) is 20.4 Å². The summed E-state index contributed by atoms with van der Waals surface area (Å²) in [7, 11) is -1.07. The normalized spacial score (nSPS) is 15.9. The Morgan fingerprint density at radius 2 is 2.36 bits per heavy atom. The molecule has 1 rings (SSSR count). The highest BCUT2D eigenvalue weighted by Gasteiger charge is 2.00. The van der Waals surface area contributed by atoms with Gasteiger partial charge in [0.05, 0.1) is 21.5 Å². The summed E-state index contributed by atoms with van der Waals surface area (Å²) in [6.45, 7) is 5.65. The molecule has 1 N–H and O–H groups in total. The molecule has 3 nitrogen and oxygen atoms in total. The Morgan fingerprint density at radius 3 is 2.86 bits per heavy atom. The first-order chi connectivity index (χ1) is 6.69. The third kappa shape index (κ3) is 2.42. The molecule has 0 aliphatic heterocycles. The van der Waals surface area contributed by atoms with E-state index in [2.05, 4.69) is 16.5 Å². The van der Waals surface area contributed by atoms with Gasteiger partial charge >= 0.3 is 0 Å². The topological polar surface area (TPSA) is 45.8 Å². The highest BCUT2D eigenvalue weighted by atomic mass is 32.2. The molecule has 14 heavy (non-hydrogen) atoms. The zero-order chi connectivity index (χ0) is 10.6. The highest BCUT2D eigenvalue weighted by molar-refractivity contribution is 7.84. The lowest BCUT2D eigenvalue weighted by molar-refractivity contribution is 0.681. The van der Waals surface area contributed by atoms with Crippen molar-refractivity contribution < 1.29 is 4.21 Å². The molecule has 4 heteroatoms. The number of nitrogens with one attached hydrogen (secondary N) is 1. The number of hydrogen-bond acceptors (Lipinski definition) is 2.